The highest BCUT2D eigenvalue weighted by atomic mass is 32.2. The van der Waals surface area contributed by atoms with Crippen LogP contribution in [0.5, 0.6) is 0 Å². The molecule has 2 aromatic heterocycles. The molecule has 0 fully saturated rings. The minimum absolute atomic E-state index is 0.907. The Labute approximate surface area is 132 Å². The zero-order valence-corrected chi connectivity index (χ0v) is 13.5. The van der Waals surface area contributed by atoms with Gasteiger partial charge in [-0.2, -0.15) is 0 Å². The van der Waals surface area contributed by atoms with E-state index in [0.717, 1.165) is 22.1 Å². The third kappa shape index (κ3) is 3.25. The molecule has 1 aromatic carbocycles. The van der Waals surface area contributed by atoms with Gasteiger partial charge in [0, 0.05) is 33.4 Å². The molecule has 0 aliphatic heterocycles. The topological polar surface area (TPSA) is 37.8 Å². The van der Waals surface area contributed by atoms with Crippen molar-refractivity contribution in [1.82, 2.24) is 9.97 Å². The van der Waals surface area contributed by atoms with Gasteiger partial charge in [0.2, 0.25) is 0 Å². The monoisotopic (exact) mass is 313 g/mol. The maximum atomic E-state index is 4.69. The molecule has 0 unspecified atom stereocenters. The molecular weight excluding hydrogens is 298 g/mol. The maximum absolute atomic E-state index is 4.69. The van der Waals surface area contributed by atoms with E-state index in [-0.39, 0.29) is 0 Å². The molecule has 0 amide bonds. The van der Waals surface area contributed by atoms with E-state index in [2.05, 4.69) is 47.7 Å². The lowest BCUT2D eigenvalue weighted by Crippen LogP contribution is -1.89. The molecule has 21 heavy (non-hydrogen) atoms. The number of anilines is 2. The Balaban J connectivity index is 1.87. The number of hydrogen-bond acceptors (Lipinski definition) is 5. The first-order valence-electron chi connectivity index (χ1n) is 6.55. The van der Waals surface area contributed by atoms with Crippen LogP contribution in [0, 0.1) is 6.92 Å². The van der Waals surface area contributed by atoms with Crippen LogP contribution in [0.4, 0.5) is 10.8 Å². The zero-order chi connectivity index (χ0) is 14.7. The molecule has 1 N–H and O–H groups in total. The van der Waals surface area contributed by atoms with Crippen LogP contribution in [0.1, 0.15) is 4.88 Å². The molecular formula is C16H15N3S2. The van der Waals surface area contributed by atoms with Gasteiger partial charge in [-0.1, -0.05) is 6.07 Å². The molecule has 0 aliphatic rings. The van der Waals surface area contributed by atoms with Gasteiger partial charge >= 0.3 is 0 Å². The second-order valence-corrected chi connectivity index (χ2v) is 6.61. The van der Waals surface area contributed by atoms with E-state index in [1.165, 1.54) is 9.77 Å². The van der Waals surface area contributed by atoms with Crippen LogP contribution in [0.3, 0.4) is 0 Å². The fourth-order valence-electron chi connectivity index (χ4n) is 2.04. The molecule has 2 heterocycles. The van der Waals surface area contributed by atoms with Crippen molar-refractivity contribution in [3.63, 3.8) is 0 Å². The minimum Gasteiger partial charge on any atom is -0.331 e. The normalized spacial score (nSPS) is 10.6. The molecule has 0 saturated carbocycles. The zero-order valence-electron chi connectivity index (χ0n) is 11.8. The summed E-state index contributed by atoms with van der Waals surface area (Å²) in [4.78, 5) is 11.3. The summed E-state index contributed by atoms with van der Waals surface area (Å²) in [6.45, 7) is 2.09. The van der Waals surface area contributed by atoms with Gasteiger partial charge < -0.3 is 5.32 Å². The Morgan fingerprint density at radius 3 is 2.86 bits per heavy atom. The van der Waals surface area contributed by atoms with Gasteiger partial charge in [-0.05, 0) is 43.5 Å². The first kappa shape index (κ1) is 14.1. The van der Waals surface area contributed by atoms with Crippen molar-refractivity contribution in [2.45, 2.75) is 11.8 Å². The maximum Gasteiger partial charge on any atom is 0.187 e. The molecule has 0 radical (unpaired) electrons. The molecule has 0 atom stereocenters. The molecule has 106 valence electrons. The van der Waals surface area contributed by atoms with Crippen molar-refractivity contribution in [3.8, 4) is 11.3 Å². The summed E-state index contributed by atoms with van der Waals surface area (Å²) < 4.78 is 0. The van der Waals surface area contributed by atoms with E-state index < -0.39 is 0 Å². The van der Waals surface area contributed by atoms with Gasteiger partial charge in [0.05, 0.1) is 5.69 Å². The smallest absolute Gasteiger partial charge is 0.187 e. The Morgan fingerprint density at radius 1 is 1.19 bits per heavy atom. The van der Waals surface area contributed by atoms with E-state index >= 15 is 0 Å². The highest BCUT2D eigenvalue weighted by Crippen LogP contribution is 2.32. The number of nitrogens with one attached hydrogen (secondary N) is 1. The number of thioether (sulfide) groups is 1. The van der Waals surface area contributed by atoms with Gasteiger partial charge in [-0.25, -0.2) is 4.98 Å². The number of thiazole rings is 1. The summed E-state index contributed by atoms with van der Waals surface area (Å²) in [5.41, 5.74) is 3.11. The number of pyridine rings is 1. The molecule has 3 aromatic rings. The highest BCUT2D eigenvalue weighted by Gasteiger charge is 2.10. The summed E-state index contributed by atoms with van der Waals surface area (Å²) in [6.07, 6.45) is 5.70. The van der Waals surface area contributed by atoms with Gasteiger partial charge in [0.15, 0.2) is 5.13 Å². The minimum atomic E-state index is 0.907. The number of benzene rings is 1. The number of aryl methyl sites for hydroxylation is 1. The lowest BCUT2D eigenvalue weighted by molar-refractivity contribution is 1.29. The standard InChI is InChI=1S/C16H15N3S2/c1-11-15(12-5-4-8-17-10-12)19-16(21-11)18-13-6-3-7-14(9-13)20-2/h3-10H,1-2H3,(H,18,19). The van der Waals surface area contributed by atoms with Gasteiger partial charge in [0.25, 0.3) is 0 Å². The van der Waals surface area contributed by atoms with E-state index in [1.54, 1.807) is 29.3 Å². The van der Waals surface area contributed by atoms with Crippen LogP contribution in [0.15, 0.2) is 53.7 Å². The summed E-state index contributed by atoms with van der Waals surface area (Å²) in [6, 6.07) is 12.3. The summed E-state index contributed by atoms with van der Waals surface area (Å²) >= 11 is 3.39. The molecule has 5 heteroatoms. The highest BCUT2D eigenvalue weighted by molar-refractivity contribution is 7.98. The van der Waals surface area contributed by atoms with E-state index in [1.807, 2.05) is 18.3 Å². The van der Waals surface area contributed by atoms with Crippen LogP contribution >= 0.6 is 23.1 Å². The predicted molar refractivity (Wildman–Crippen MR) is 91.6 cm³/mol. The number of nitrogens with zero attached hydrogens (tertiary/aromatic N) is 2. The van der Waals surface area contributed by atoms with Crippen molar-refractivity contribution in [3.05, 3.63) is 53.7 Å². The molecule has 0 saturated heterocycles. The van der Waals surface area contributed by atoms with E-state index in [4.69, 9.17) is 4.98 Å². The van der Waals surface area contributed by atoms with Gasteiger partial charge in [-0.3, -0.25) is 4.98 Å². The van der Waals surface area contributed by atoms with Crippen molar-refractivity contribution in [2.75, 3.05) is 11.6 Å². The molecule has 0 bridgehead atoms. The lowest BCUT2D eigenvalue weighted by atomic mass is 10.2. The summed E-state index contributed by atoms with van der Waals surface area (Å²) in [5, 5.41) is 4.29. The van der Waals surface area contributed by atoms with E-state index in [9.17, 15) is 0 Å². The number of rotatable bonds is 4. The average Bonchev–Trinajstić information content (AvgIpc) is 2.89. The first-order chi connectivity index (χ1) is 10.3. The molecule has 3 nitrogen and oxygen atoms in total. The van der Waals surface area contributed by atoms with Crippen molar-refractivity contribution in [2.24, 2.45) is 0 Å². The third-order valence-corrected chi connectivity index (χ3v) is 4.66. The van der Waals surface area contributed by atoms with E-state index in [0.29, 0.717) is 0 Å². The van der Waals surface area contributed by atoms with Crippen LogP contribution in [-0.2, 0) is 0 Å². The third-order valence-electron chi connectivity index (χ3n) is 3.05. The van der Waals surface area contributed by atoms with Crippen LogP contribution in [-0.4, -0.2) is 16.2 Å². The second-order valence-electron chi connectivity index (χ2n) is 4.52. The molecule has 0 aliphatic carbocycles. The largest absolute Gasteiger partial charge is 0.331 e. The Morgan fingerprint density at radius 2 is 2.10 bits per heavy atom. The average molecular weight is 313 g/mol. The summed E-state index contributed by atoms with van der Waals surface area (Å²) in [5.74, 6) is 0. The van der Waals surface area contributed by atoms with Crippen LogP contribution in [0.2, 0.25) is 0 Å². The number of aromatic nitrogens is 2. The summed E-state index contributed by atoms with van der Waals surface area (Å²) in [7, 11) is 0. The van der Waals surface area contributed by atoms with Crippen LogP contribution in [0.25, 0.3) is 11.3 Å². The van der Waals surface area contributed by atoms with Crippen LogP contribution < -0.4 is 5.32 Å². The van der Waals surface area contributed by atoms with Crippen molar-refractivity contribution in [1.29, 1.82) is 0 Å². The quantitative estimate of drug-likeness (QED) is 0.689. The predicted octanol–water partition coefficient (Wildman–Crippen LogP) is 4.98. The Kier molecular flexibility index (Phi) is 4.22. The lowest BCUT2D eigenvalue weighted by Gasteiger charge is -2.04. The van der Waals surface area contributed by atoms with Gasteiger partial charge in [-0.15, -0.1) is 23.1 Å². The molecule has 3 rings (SSSR count). The number of hydrogen-bond donors (Lipinski definition) is 1. The first-order valence-corrected chi connectivity index (χ1v) is 8.59. The van der Waals surface area contributed by atoms with Crippen molar-refractivity contribution < 1.29 is 0 Å². The fourth-order valence-corrected chi connectivity index (χ4v) is 3.36. The Hall–Kier alpha value is -1.85. The SMILES string of the molecule is CSc1cccc(Nc2nc(-c3cccnc3)c(C)s2)c1. The van der Waals surface area contributed by atoms with Gasteiger partial charge in [0.1, 0.15) is 0 Å². The van der Waals surface area contributed by atoms with Crippen molar-refractivity contribution >= 4 is 33.9 Å². The molecule has 0 spiro atoms. The second kappa shape index (κ2) is 6.28. The Bertz CT molecular complexity index is 738. The fraction of sp³-hybridized carbons (Fsp3) is 0.125.